The van der Waals surface area contributed by atoms with Crippen molar-refractivity contribution in [1.82, 2.24) is 10.8 Å². The summed E-state index contributed by atoms with van der Waals surface area (Å²) in [6, 6.07) is 0.272. The molecule has 4 nitrogen and oxygen atoms in total. The molecule has 90 valence electrons. The van der Waals surface area contributed by atoms with Gasteiger partial charge in [-0.15, -0.1) is 0 Å². The molecule has 0 bridgehead atoms. The molecule has 0 aromatic rings. The van der Waals surface area contributed by atoms with E-state index in [-0.39, 0.29) is 24.1 Å². The Balaban J connectivity index is 3.66. The molecule has 0 fully saturated rings. The van der Waals surface area contributed by atoms with E-state index < -0.39 is 0 Å². The third kappa shape index (κ3) is 8.39. The summed E-state index contributed by atoms with van der Waals surface area (Å²) >= 11 is 0. The van der Waals surface area contributed by atoms with Crippen molar-refractivity contribution < 1.29 is 9.63 Å². The Labute approximate surface area is 92.7 Å². The number of rotatable bonds is 6. The normalized spacial score (nSPS) is 11.9. The zero-order valence-corrected chi connectivity index (χ0v) is 10.5. The van der Waals surface area contributed by atoms with Gasteiger partial charge in [-0.25, -0.2) is 0 Å². The van der Waals surface area contributed by atoms with E-state index in [0.717, 1.165) is 12.8 Å². The van der Waals surface area contributed by atoms with Crippen molar-refractivity contribution >= 4 is 5.91 Å². The van der Waals surface area contributed by atoms with Crippen LogP contribution in [0.4, 0.5) is 0 Å². The molecule has 0 heterocycles. The second-order valence-electron chi connectivity index (χ2n) is 4.62. The van der Waals surface area contributed by atoms with Gasteiger partial charge in [-0.3, -0.25) is 9.63 Å². The van der Waals surface area contributed by atoms with Crippen molar-refractivity contribution in [2.45, 2.75) is 59.1 Å². The smallest absolute Gasteiger partial charge is 0.236 e. The minimum atomic E-state index is -0.269. The van der Waals surface area contributed by atoms with Crippen molar-refractivity contribution in [3.05, 3.63) is 0 Å². The first-order valence-corrected chi connectivity index (χ1v) is 5.59. The maximum Gasteiger partial charge on any atom is 0.236 e. The lowest BCUT2D eigenvalue weighted by molar-refractivity contribution is -0.127. The molecule has 0 aromatic carbocycles. The molecule has 0 saturated heterocycles. The number of carbonyl (C=O) groups is 1. The van der Waals surface area contributed by atoms with E-state index in [9.17, 15) is 4.79 Å². The summed E-state index contributed by atoms with van der Waals surface area (Å²) in [5, 5.41) is 2.92. The van der Waals surface area contributed by atoms with Crippen LogP contribution in [0, 0.1) is 0 Å². The van der Waals surface area contributed by atoms with Crippen LogP contribution >= 0.6 is 0 Å². The molecule has 0 aromatic heterocycles. The molecule has 0 aliphatic rings. The molecular formula is C11H24N2O2. The van der Waals surface area contributed by atoms with Crippen LogP contribution in [0.2, 0.25) is 0 Å². The highest BCUT2D eigenvalue weighted by Gasteiger charge is 2.12. The highest BCUT2D eigenvalue weighted by atomic mass is 16.7. The summed E-state index contributed by atoms with van der Waals surface area (Å²) in [7, 11) is 0. The molecule has 0 unspecified atom stereocenters. The molecule has 0 atom stereocenters. The molecule has 0 aliphatic heterocycles. The Kier molecular flexibility index (Phi) is 6.52. The van der Waals surface area contributed by atoms with E-state index in [1.54, 1.807) is 0 Å². The topological polar surface area (TPSA) is 50.4 Å². The van der Waals surface area contributed by atoms with Gasteiger partial charge in [0.25, 0.3) is 0 Å². The van der Waals surface area contributed by atoms with Crippen LogP contribution in [0.3, 0.4) is 0 Å². The summed E-state index contributed by atoms with van der Waals surface area (Å²) in [6.45, 7) is 10.1. The fourth-order valence-electron chi connectivity index (χ4n) is 1.09. The Morgan fingerprint density at radius 1 is 1.27 bits per heavy atom. The van der Waals surface area contributed by atoms with Crippen LogP contribution in [0.5, 0.6) is 0 Å². The summed E-state index contributed by atoms with van der Waals surface area (Å²) in [4.78, 5) is 16.6. The number of hydrogen-bond acceptors (Lipinski definition) is 3. The quantitative estimate of drug-likeness (QED) is 0.663. The molecule has 1 amide bonds. The van der Waals surface area contributed by atoms with Gasteiger partial charge < -0.3 is 5.32 Å². The van der Waals surface area contributed by atoms with E-state index in [0.29, 0.717) is 0 Å². The lowest BCUT2D eigenvalue weighted by atomic mass is 10.2. The van der Waals surface area contributed by atoms with Crippen LogP contribution in [0.15, 0.2) is 0 Å². The van der Waals surface area contributed by atoms with Crippen LogP contribution in [-0.4, -0.2) is 24.1 Å². The van der Waals surface area contributed by atoms with Gasteiger partial charge in [-0.05, 0) is 33.6 Å². The largest absolute Gasteiger partial charge is 0.352 e. The highest BCUT2D eigenvalue weighted by molar-refractivity contribution is 5.78. The van der Waals surface area contributed by atoms with Crippen LogP contribution in [-0.2, 0) is 9.63 Å². The van der Waals surface area contributed by atoms with Crippen LogP contribution < -0.4 is 10.8 Å². The zero-order chi connectivity index (χ0) is 11.9. The maximum atomic E-state index is 11.4. The second kappa shape index (κ2) is 6.80. The van der Waals surface area contributed by atoms with Gasteiger partial charge >= 0.3 is 0 Å². The van der Waals surface area contributed by atoms with Gasteiger partial charge in [0.1, 0.15) is 0 Å². The Hall–Kier alpha value is -0.610. The predicted octanol–water partition coefficient (Wildman–Crippen LogP) is 1.61. The minimum Gasteiger partial charge on any atom is -0.352 e. The molecule has 0 saturated carbocycles. The second-order valence-corrected chi connectivity index (χ2v) is 4.62. The van der Waals surface area contributed by atoms with Gasteiger partial charge in [-0.1, -0.05) is 13.8 Å². The minimum absolute atomic E-state index is 0.0204. The van der Waals surface area contributed by atoms with E-state index in [2.05, 4.69) is 24.6 Å². The van der Waals surface area contributed by atoms with E-state index in [4.69, 9.17) is 4.84 Å². The molecule has 2 N–H and O–H groups in total. The van der Waals surface area contributed by atoms with E-state index >= 15 is 0 Å². The first kappa shape index (κ1) is 14.4. The molecule has 15 heavy (non-hydrogen) atoms. The summed E-state index contributed by atoms with van der Waals surface area (Å²) in [5.41, 5.74) is 2.40. The SMILES string of the molecule is CCC(CC)NC(=O)CNOC(C)(C)C. The lowest BCUT2D eigenvalue weighted by Crippen LogP contribution is -2.41. The third-order valence-corrected chi connectivity index (χ3v) is 1.96. The number of hydrogen-bond donors (Lipinski definition) is 2. The first-order chi connectivity index (χ1) is 6.89. The van der Waals surface area contributed by atoms with Crippen LogP contribution in [0.25, 0.3) is 0 Å². The van der Waals surface area contributed by atoms with Crippen molar-refractivity contribution in [2.75, 3.05) is 6.54 Å². The predicted molar refractivity (Wildman–Crippen MR) is 61.4 cm³/mol. The van der Waals surface area contributed by atoms with Gasteiger partial charge in [0.15, 0.2) is 0 Å². The molecule has 0 radical (unpaired) electrons. The Morgan fingerprint density at radius 3 is 2.20 bits per heavy atom. The molecule has 0 aliphatic carbocycles. The third-order valence-electron chi connectivity index (χ3n) is 1.96. The van der Waals surface area contributed by atoms with Gasteiger partial charge in [0, 0.05) is 6.04 Å². The monoisotopic (exact) mass is 216 g/mol. The van der Waals surface area contributed by atoms with E-state index in [1.807, 2.05) is 20.8 Å². The first-order valence-electron chi connectivity index (χ1n) is 5.59. The average Bonchev–Trinajstić information content (AvgIpc) is 2.12. The summed E-state index contributed by atoms with van der Waals surface area (Å²) in [6.07, 6.45) is 1.92. The van der Waals surface area contributed by atoms with Gasteiger partial charge in [0.05, 0.1) is 12.1 Å². The maximum absolute atomic E-state index is 11.4. The zero-order valence-electron chi connectivity index (χ0n) is 10.5. The van der Waals surface area contributed by atoms with Gasteiger partial charge in [0.2, 0.25) is 5.91 Å². The number of carbonyl (C=O) groups excluding carboxylic acids is 1. The standard InChI is InChI=1S/C11H24N2O2/c1-6-9(7-2)13-10(14)8-12-15-11(3,4)5/h9,12H,6-8H2,1-5H3,(H,13,14). The van der Waals surface area contributed by atoms with Gasteiger partial charge in [-0.2, -0.15) is 5.48 Å². The highest BCUT2D eigenvalue weighted by Crippen LogP contribution is 2.03. The number of hydroxylamine groups is 1. The lowest BCUT2D eigenvalue weighted by Gasteiger charge is -2.20. The molecule has 0 rings (SSSR count). The van der Waals surface area contributed by atoms with Crippen molar-refractivity contribution in [2.24, 2.45) is 0 Å². The summed E-state index contributed by atoms with van der Waals surface area (Å²) < 4.78 is 0. The van der Waals surface area contributed by atoms with Crippen LogP contribution in [0.1, 0.15) is 47.5 Å². The molecular weight excluding hydrogens is 192 g/mol. The summed E-state index contributed by atoms with van der Waals surface area (Å²) in [5.74, 6) is -0.0204. The Morgan fingerprint density at radius 2 is 1.80 bits per heavy atom. The van der Waals surface area contributed by atoms with Crippen molar-refractivity contribution in [1.29, 1.82) is 0 Å². The number of amides is 1. The van der Waals surface area contributed by atoms with Crippen molar-refractivity contribution in [3.63, 3.8) is 0 Å². The molecule has 4 heteroatoms. The Bertz CT molecular complexity index is 184. The van der Waals surface area contributed by atoms with E-state index in [1.165, 1.54) is 0 Å². The fraction of sp³-hybridized carbons (Fsp3) is 0.909. The number of nitrogens with one attached hydrogen (secondary N) is 2. The average molecular weight is 216 g/mol. The van der Waals surface area contributed by atoms with Crippen molar-refractivity contribution in [3.8, 4) is 0 Å². The fourth-order valence-corrected chi connectivity index (χ4v) is 1.09. The molecule has 0 spiro atoms.